The van der Waals surface area contributed by atoms with Crippen LogP contribution in [0.4, 0.5) is 11.4 Å². The van der Waals surface area contributed by atoms with E-state index in [1.54, 1.807) is 24.3 Å². The van der Waals surface area contributed by atoms with Crippen molar-refractivity contribution in [1.82, 2.24) is 0 Å². The fraction of sp³-hybridized carbons (Fsp3) is 0.125. The third-order valence-corrected chi connectivity index (χ3v) is 4.24. The molecule has 3 rings (SSSR count). The van der Waals surface area contributed by atoms with Crippen molar-refractivity contribution in [3.8, 4) is 0 Å². The van der Waals surface area contributed by atoms with Crippen LogP contribution in [-0.4, -0.2) is 11.8 Å². The van der Waals surface area contributed by atoms with Crippen molar-refractivity contribution in [3.63, 3.8) is 0 Å². The highest BCUT2D eigenvalue weighted by Crippen LogP contribution is 2.35. The minimum atomic E-state index is -0.312. The molecule has 0 aromatic heterocycles. The summed E-state index contributed by atoms with van der Waals surface area (Å²) in [4.78, 5) is 26.4. The molecule has 2 aromatic carbocycles. The Morgan fingerprint density at radius 1 is 1.00 bits per heavy atom. The first-order valence-corrected chi connectivity index (χ1v) is 7.25. The Labute approximate surface area is 130 Å². The Bertz CT molecular complexity index is 799. The van der Waals surface area contributed by atoms with Crippen LogP contribution in [0.5, 0.6) is 0 Å². The van der Waals surface area contributed by atoms with Crippen LogP contribution in [0.25, 0.3) is 0 Å². The summed E-state index contributed by atoms with van der Waals surface area (Å²) in [5.41, 5.74) is 9.48. The molecule has 1 aliphatic heterocycles. The number of imide groups is 1. The number of hydrogen-bond acceptors (Lipinski definition) is 3. The molecule has 2 N–H and O–H groups in total. The predicted molar refractivity (Wildman–Crippen MR) is 85.6 cm³/mol. The number of rotatable bonds is 1. The average Bonchev–Trinajstić information content (AvgIpc) is 2.68. The average molecular weight is 345 g/mol. The van der Waals surface area contributed by atoms with Crippen LogP contribution < -0.4 is 10.6 Å². The Hall–Kier alpha value is -2.14. The van der Waals surface area contributed by atoms with Gasteiger partial charge in [0.25, 0.3) is 11.8 Å². The van der Waals surface area contributed by atoms with E-state index in [1.807, 2.05) is 19.9 Å². The van der Waals surface area contributed by atoms with E-state index in [-0.39, 0.29) is 11.8 Å². The first-order valence-electron chi connectivity index (χ1n) is 6.46. The van der Waals surface area contributed by atoms with Crippen LogP contribution in [0.3, 0.4) is 0 Å². The van der Waals surface area contributed by atoms with Gasteiger partial charge in [0, 0.05) is 10.2 Å². The largest absolute Gasteiger partial charge is 0.398 e. The smallest absolute Gasteiger partial charge is 0.266 e. The molecule has 1 aliphatic rings. The Morgan fingerprint density at radius 2 is 1.67 bits per heavy atom. The molecule has 0 radical (unpaired) electrons. The number of halogens is 1. The maximum atomic E-state index is 12.6. The highest BCUT2D eigenvalue weighted by atomic mass is 79.9. The van der Waals surface area contributed by atoms with Crippen LogP contribution >= 0.6 is 15.9 Å². The van der Waals surface area contributed by atoms with Gasteiger partial charge in [-0.1, -0.05) is 22.0 Å². The number of carbonyl (C=O) groups excluding carboxylic acids is 2. The fourth-order valence-corrected chi connectivity index (χ4v) is 2.97. The van der Waals surface area contributed by atoms with Gasteiger partial charge >= 0.3 is 0 Å². The van der Waals surface area contributed by atoms with Gasteiger partial charge in [-0.15, -0.1) is 0 Å². The Balaban J connectivity index is 2.21. The lowest BCUT2D eigenvalue weighted by Gasteiger charge is -2.20. The van der Waals surface area contributed by atoms with Crippen molar-refractivity contribution in [2.75, 3.05) is 10.6 Å². The van der Waals surface area contributed by atoms with Crippen molar-refractivity contribution in [2.24, 2.45) is 0 Å². The van der Waals surface area contributed by atoms with Crippen LogP contribution in [0.2, 0.25) is 0 Å². The monoisotopic (exact) mass is 344 g/mol. The molecule has 2 amide bonds. The molecule has 0 saturated carbocycles. The second-order valence-corrected chi connectivity index (χ2v) is 6.00. The number of hydrogen-bond donors (Lipinski definition) is 1. The number of nitrogens with zero attached hydrogens (tertiary/aromatic N) is 1. The van der Waals surface area contributed by atoms with Crippen molar-refractivity contribution in [1.29, 1.82) is 0 Å². The molecule has 0 spiro atoms. The number of aryl methyl sites for hydroxylation is 1. The zero-order valence-electron chi connectivity index (χ0n) is 11.6. The summed E-state index contributed by atoms with van der Waals surface area (Å²) in [6.45, 7) is 3.68. The summed E-state index contributed by atoms with van der Waals surface area (Å²) in [5, 5.41) is 0. The molecular formula is C16H13BrN2O2. The first-order chi connectivity index (χ1) is 9.91. The number of amides is 2. The van der Waals surface area contributed by atoms with Crippen LogP contribution in [0.1, 0.15) is 31.8 Å². The lowest BCUT2D eigenvalue weighted by molar-refractivity contribution is 0.0925. The molecule has 21 heavy (non-hydrogen) atoms. The summed E-state index contributed by atoms with van der Waals surface area (Å²) < 4.78 is 0.769. The molecule has 0 unspecified atom stereocenters. The molecule has 106 valence electrons. The van der Waals surface area contributed by atoms with E-state index in [1.165, 1.54) is 4.90 Å². The molecule has 0 saturated heterocycles. The maximum absolute atomic E-state index is 12.6. The quantitative estimate of drug-likeness (QED) is 0.636. The molecule has 0 fully saturated rings. The van der Waals surface area contributed by atoms with Crippen molar-refractivity contribution in [3.05, 3.63) is 57.1 Å². The van der Waals surface area contributed by atoms with Crippen molar-refractivity contribution in [2.45, 2.75) is 13.8 Å². The summed E-state index contributed by atoms with van der Waals surface area (Å²) >= 11 is 3.33. The van der Waals surface area contributed by atoms with Gasteiger partial charge in [0.15, 0.2) is 0 Å². The van der Waals surface area contributed by atoms with Crippen LogP contribution in [0, 0.1) is 13.8 Å². The predicted octanol–water partition coefficient (Wildman–Crippen LogP) is 3.45. The first kappa shape index (κ1) is 13.8. The normalized spacial score (nSPS) is 13.8. The van der Waals surface area contributed by atoms with Gasteiger partial charge in [-0.2, -0.15) is 0 Å². The van der Waals surface area contributed by atoms with E-state index in [0.29, 0.717) is 22.5 Å². The standard InChI is InChI=1S/C16H13BrN2O2/c1-8-3-6-13(18)9(2)14(8)19-15(20)11-5-4-10(17)7-12(11)16(19)21/h3-7H,18H2,1-2H3. The number of nitrogens with two attached hydrogens (primary N) is 1. The zero-order chi connectivity index (χ0) is 15.3. The molecule has 2 aromatic rings. The summed E-state index contributed by atoms with van der Waals surface area (Å²) in [5.74, 6) is -0.618. The van der Waals surface area contributed by atoms with Gasteiger partial charge in [0.1, 0.15) is 0 Å². The summed E-state index contributed by atoms with van der Waals surface area (Å²) in [6, 6.07) is 8.69. The molecular weight excluding hydrogens is 332 g/mol. The van der Waals surface area contributed by atoms with Gasteiger partial charge in [-0.05, 0) is 49.2 Å². The second kappa shape index (κ2) is 4.70. The minimum absolute atomic E-state index is 0.306. The SMILES string of the molecule is Cc1ccc(N)c(C)c1N1C(=O)c2ccc(Br)cc2C1=O. The molecule has 0 bridgehead atoms. The highest BCUT2D eigenvalue weighted by molar-refractivity contribution is 9.10. The minimum Gasteiger partial charge on any atom is -0.398 e. The van der Waals surface area contributed by atoms with Gasteiger partial charge in [0.2, 0.25) is 0 Å². The molecule has 5 heteroatoms. The maximum Gasteiger partial charge on any atom is 0.266 e. The highest BCUT2D eigenvalue weighted by Gasteiger charge is 2.38. The van der Waals surface area contributed by atoms with E-state index in [0.717, 1.165) is 15.6 Å². The molecule has 0 atom stereocenters. The Kier molecular flexibility index (Phi) is 3.10. The Morgan fingerprint density at radius 3 is 2.38 bits per heavy atom. The third kappa shape index (κ3) is 1.96. The molecule has 1 heterocycles. The number of fused-ring (bicyclic) bond motifs is 1. The van der Waals surface area contributed by atoms with Gasteiger partial charge < -0.3 is 5.73 Å². The lowest BCUT2D eigenvalue weighted by atomic mass is 10.1. The van der Waals surface area contributed by atoms with E-state index in [2.05, 4.69) is 15.9 Å². The van der Waals surface area contributed by atoms with Crippen molar-refractivity contribution >= 4 is 39.1 Å². The van der Waals surface area contributed by atoms with Gasteiger partial charge in [-0.3, -0.25) is 9.59 Å². The fourth-order valence-electron chi connectivity index (χ4n) is 2.61. The summed E-state index contributed by atoms with van der Waals surface area (Å²) in [7, 11) is 0. The van der Waals surface area contributed by atoms with Crippen LogP contribution in [0.15, 0.2) is 34.8 Å². The number of benzene rings is 2. The van der Waals surface area contributed by atoms with E-state index < -0.39 is 0 Å². The van der Waals surface area contributed by atoms with Gasteiger partial charge in [0.05, 0.1) is 16.8 Å². The second-order valence-electron chi connectivity index (χ2n) is 5.08. The lowest BCUT2D eigenvalue weighted by Crippen LogP contribution is -2.31. The molecule has 0 aliphatic carbocycles. The topological polar surface area (TPSA) is 63.4 Å². The number of anilines is 2. The third-order valence-electron chi connectivity index (χ3n) is 3.75. The number of nitrogen functional groups attached to an aromatic ring is 1. The van der Waals surface area contributed by atoms with E-state index in [9.17, 15) is 9.59 Å². The van der Waals surface area contributed by atoms with Gasteiger partial charge in [-0.25, -0.2) is 4.90 Å². The van der Waals surface area contributed by atoms with Crippen LogP contribution in [-0.2, 0) is 0 Å². The van der Waals surface area contributed by atoms with Crippen molar-refractivity contribution < 1.29 is 9.59 Å². The van der Waals surface area contributed by atoms with E-state index >= 15 is 0 Å². The van der Waals surface area contributed by atoms with E-state index in [4.69, 9.17) is 5.73 Å². The summed E-state index contributed by atoms with van der Waals surface area (Å²) in [6.07, 6.45) is 0. The zero-order valence-corrected chi connectivity index (χ0v) is 13.2. The number of carbonyl (C=O) groups is 2. The molecule has 4 nitrogen and oxygen atoms in total.